The topological polar surface area (TPSA) is 29.3 Å². The number of hydrogen-bond donors (Lipinski definition) is 1. The van der Waals surface area contributed by atoms with Gasteiger partial charge in [0.1, 0.15) is 0 Å². The normalized spacial score (nSPS) is 10.5. The quantitative estimate of drug-likeness (QED) is 0.826. The first-order chi connectivity index (χ1) is 8.99. The fraction of sp³-hybridized carbons (Fsp3) is 0.200. The Morgan fingerprint density at radius 3 is 2.63 bits per heavy atom. The Hall–Kier alpha value is -1.19. The summed E-state index contributed by atoms with van der Waals surface area (Å²) in [4.78, 5) is 2.15. The molecule has 2 aromatic carbocycles. The van der Waals surface area contributed by atoms with Crippen molar-refractivity contribution in [3.8, 4) is 0 Å². The van der Waals surface area contributed by atoms with Crippen molar-refractivity contribution in [1.29, 1.82) is 0 Å². The van der Waals surface area contributed by atoms with Gasteiger partial charge >= 0.3 is 0 Å². The Morgan fingerprint density at radius 2 is 1.95 bits per heavy atom. The third-order valence-electron chi connectivity index (χ3n) is 3.11. The van der Waals surface area contributed by atoms with Crippen molar-refractivity contribution in [3.63, 3.8) is 0 Å². The summed E-state index contributed by atoms with van der Waals surface area (Å²) < 4.78 is 0.991. The summed E-state index contributed by atoms with van der Waals surface area (Å²) in [5.74, 6) is 0. The van der Waals surface area contributed by atoms with Crippen LogP contribution in [0, 0.1) is 6.92 Å². The van der Waals surface area contributed by atoms with E-state index in [0.29, 0.717) is 0 Å². The van der Waals surface area contributed by atoms with Gasteiger partial charge < -0.3 is 10.6 Å². The van der Waals surface area contributed by atoms with Crippen LogP contribution in [0.25, 0.3) is 0 Å². The number of halogens is 2. The van der Waals surface area contributed by atoms with Crippen molar-refractivity contribution in [1.82, 2.24) is 0 Å². The molecule has 2 N–H and O–H groups in total. The first kappa shape index (κ1) is 14.2. The van der Waals surface area contributed by atoms with Crippen molar-refractivity contribution < 1.29 is 0 Å². The van der Waals surface area contributed by atoms with Gasteiger partial charge in [-0.1, -0.05) is 29.8 Å². The van der Waals surface area contributed by atoms with Gasteiger partial charge in [0.05, 0.1) is 5.69 Å². The molecule has 4 heteroatoms. The van der Waals surface area contributed by atoms with Gasteiger partial charge in [0.15, 0.2) is 0 Å². The molecule has 100 valence electrons. The zero-order valence-electron chi connectivity index (χ0n) is 11.0. The van der Waals surface area contributed by atoms with E-state index in [2.05, 4.69) is 26.9 Å². The summed E-state index contributed by atoms with van der Waals surface area (Å²) in [5, 5.41) is 0.789. The minimum Gasteiger partial charge on any atom is -0.398 e. The molecule has 0 amide bonds. The van der Waals surface area contributed by atoms with Gasteiger partial charge in [0.25, 0.3) is 0 Å². The van der Waals surface area contributed by atoms with Crippen LogP contribution in [0.4, 0.5) is 11.4 Å². The number of nitrogen functional groups attached to an aromatic ring is 1. The molecule has 0 aliphatic carbocycles. The fourth-order valence-electron chi connectivity index (χ4n) is 1.94. The number of benzene rings is 2. The molecule has 2 aromatic rings. The number of nitrogens with zero attached hydrogens (tertiary/aromatic N) is 1. The van der Waals surface area contributed by atoms with Gasteiger partial charge in [-0.3, -0.25) is 0 Å². The lowest BCUT2D eigenvalue weighted by atomic mass is 10.1. The Balaban J connectivity index is 2.28. The van der Waals surface area contributed by atoms with Crippen molar-refractivity contribution in [2.45, 2.75) is 13.5 Å². The second kappa shape index (κ2) is 5.85. The van der Waals surface area contributed by atoms with E-state index >= 15 is 0 Å². The lowest BCUT2D eigenvalue weighted by Crippen LogP contribution is -2.17. The Labute approximate surface area is 127 Å². The van der Waals surface area contributed by atoms with Crippen LogP contribution in [0.15, 0.2) is 40.9 Å². The van der Waals surface area contributed by atoms with Crippen molar-refractivity contribution >= 4 is 38.9 Å². The maximum absolute atomic E-state index is 6.19. The molecular weight excluding hydrogens is 324 g/mol. The Morgan fingerprint density at radius 1 is 1.26 bits per heavy atom. The molecule has 0 heterocycles. The second-order valence-corrected chi connectivity index (χ2v) is 5.87. The van der Waals surface area contributed by atoms with Crippen molar-refractivity contribution in [3.05, 3.63) is 57.0 Å². The minimum atomic E-state index is 0.752. The summed E-state index contributed by atoms with van der Waals surface area (Å²) in [7, 11) is 2.04. The zero-order valence-corrected chi connectivity index (χ0v) is 13.3. The number of nitrogens with two attached hydrogens (primary N) is 1. The van der Waals surface area contributed by atoms with Crippen LogP contribution in [-0.2, 0) is 6.54 Å². The summed E-state index contributed by atoms with van der Waals surface area (Å²) in [6, 6.07) is 11.9. The summed E-state index contributed by atoms with van der Waals surface area (Å²) >= 11 is 9.75. The Kier molecular flexibility index (Phi) is 4.38. The van der Waals surface area contributed by atoms with E-state index in [0.717, 1.165) is 38.5 Å². The number of aryl methyl sites for hydroxylation is 1. The lowest BCUT2D eigenvalue weighted by molar-refractivity contribution is 0.919. The first-order valence-corrected chi connectivity index (χ1v) is 7.16. The van der Waals surface area contributed by atoms with Gasteiger partial charge in [-0.15, -0.1) is 0 Å². The fourth-order valence-corrected chi connectivity index (χ4v) is 2.80. The van der Waals surface area contributed by atoms with Crippen molar-refractivity contribution in [2.75, 3.05) is 17.7 Å². The largest absolute Gasteiger partial charge is 0.398 e. The van der Waals surface area contributed by atoms with Gasteiger partial charge in [-0.05, 0) is 52.2 Å². The maximum Gasteiger partial charge on any atom is 0.0515 e. The molecule has 0 aromatic heterocycles. The average Bonchev–Trinajstić information content (AvgIpc) is 2.36. The predicted molar refractivity (Wildman–Crippen MR) is 86.9 cm³/mol. The second-order valence-electron chi connectivity index (χ2n) is 4.61. The molecule has 0 saturated heterocycles. The van der Waals surface area contributed by atoms with Gasteiger partial charge in [0, 0.05) is 28.8 Å². The van der Waals surface area contributed by atoms with E-state index in [1.54, 1.807) is 0 Å². The van der Waals surface area contributed by atoms with Crippen LogP contribution in [0.3, 0.4) is 0 Å². The number of rotatable bonds is 3. The van der Waals surface area contributed by atoms with Crippen LogP contribution in [0.5, 0.6) is 0 Å². The van der Waals surface area contributed by atoms with Gasteiger partial charge in [0.2, 0.25) is 0 Å². The van der Waals surface area contributed by atoms with E-state index < -0.39 is 0 Å². The van der Waals surface area contributed by atoms with Crippen LogP contribution in [0.2, 0.25) is 5.02 Å². The van der Waals surface area contributed by atoms with Gasteiger partial charge in [-0.2, -0.15) is 0 Å². The summed E-state index contributed by atoms with van der Waals surface area (Å²) in [6.45, 7) is 2.76. The molecule has 0 saturated carbocycles. The van der Waals surface area contributed by atoms with Gasteiger partial charge in [-0.25, -0.2) is 0 Å². The summed E-state index contributed by atoms with van der Waals surface area (Å²) in [6.07, 6.45) is 0. The SMILES string of the molecule is Cc1cc(N(C)Cc2ccccc2Cl)c(Br)cc1N. The summed E-state index contributed by atoms with van der Waals surface area (Å²) in [5.41, 5.74) is 9.97. The number of hydrogen-bond acceptors (Lipinski definition) is 2. The third-order valence-corrected chi connectivity index (χ3v) is 4.12. The smallest absolute Gasteiger partial charge is 0.0515 e. The van der Waals surface area contributed by atoms with Crippen LogP contribution in [0.1, 0.15) is 11.1 Å². The van der Waals surface area contributed by atoms with Crippen LogP contribution < -0.4 is 10.6 Å². The highest BCUT2D eigenvalue weighted by Crippen LogP contribution is 2.31. The highest BCUT2D eigenvalue weighted by Gasteiger charge is 2.10. The minimum absolute atomic E-state index is 0.752. The molecule has 0 aliphatic heterocycles. The maximum atomic E-state index is 6.19. The molecule has 2 nitrogen and oxygen atoms in total. The predicted octanol–water partition coefficient (Wildman–Crippen LogP) is 4.63. The molecule has 19 heavy (non-hydrogen) atoms. The van der Waals surface area contributed by atoms with Crippen LogP contribution in [-0.4, -0.2) is 7.05 Å². The van der Waals surface area contributed by atoms with Crippen molar-refractivity contribution in [2.24, 2.45) is 0 Å². The average molecular weight is 340 g/mol. The molecule has 0 radical (unpaired) electrons. The lowest BCUT2D eigenvalue weighted by Gasteiger charge is -2.22. The molecule has 0 unspecified atom stereocenters. The van der Waals surface area contributed by atoms with E-state index in [1.807, 2.05) is 44.3 Å². The highest BCUT2D eigenvalue weighted by molar-refractivity contribution is 9.10. The Bertz CT molecular complexity index is 599. The third kappa shape index (κ3) is 3.23. The molecule has 0 aliphatic rings. The van der Waals surface area contributed by atoms with E-state index in [-0.39, 0.29) is 0 Å². The molecular formula is C15H16BrClN2. The monoisotopic (exact) mass is 338 g/mol. The van der Waals surface area contributed by atoms with E-state index in [1.165, 1.54) is 0 Å². The zero-order chi connectivity index (χ0) is 14.0. The molecule has 0 atom stereocenters. The van der Waals surface area contributed by atoms with E-state index in [4.69, 9.17) is 17.3 Å². The molecule has 0 fully saturated rings. The standard InChI is InChI=1S/C15H16BrClN2/c1-10-7-15(12(16)8-14(10)18)19(2)9-11-5-3-4-6-13(11)17/h3-8H,9,18H2,1-2H3. The number of anilines is 2. The van der Waals surface area contributed by atoms with E-state index in [9.17, 15) is 0 Å². The first-order valence-electron chi connectivity index (χ1n) is 5.99. The highest BCUT2D eigenvalue weighted by atomic mass is 79.9. The molecule has 2 rings (SSSR count). The van der Waals surface area contributed by atoms with Crippen LogP contribution >= 0.6 is 27.5 Å². The molecule has 0 spiro atoms. The molecule has 0 bridgehead atoms.